The van der Waals surface area contributed by atoms with Gasteiger partial charge in [-0.1, -0.05) is 0 Å². The summed E-state index contributed by atoms with van der Waals surface area (Å²) in [6.45, 7) is 0.863. The van der Waals surface area contributed by atoms with E-state index in [0.29, 0.717) is 36.0 Å². The molecule has 0 aliphatic carbocycles. The van der Waals surface area contributed by atoms with Crippen molar-refractivity contribution in [3.05, 3.63) is 34.5 Å². The molecule has 2 aromatic rings. The van der Waals surface area contributed by atoms with Crippen LogP contribution in [-0.4, -0.2) is 51.6 Å². The highest BCUT2D eigenvalue weighted by molar-refractivity contribution is 7.07. The van der Waals surface area contributed by atoms with E-state index in [1.807, 2.05) is 16.8 Å². The lowest BCUT2D eigenvalue weighted by atomic mass is 10.1. The largest absolute Gasteiger partial charge is 0.493 e. The second kappa shape index (κ2) is 8.52. The van der Waals surface area contributed by atoms with Crippen LogP contribution in [0.25, 0.3) is 0 Å². The molecule has 1 aliphatic rings. The number of ether oxygens (including phenoxy) is 3. The van der Waals surface area contributed by atoms with Gasteiger partial charge in [-0.3, -0.25) is 9.59 Å². The van der Waals surface area contributed by atoms with Crippen LogP contribution >= 0.6 is 11.3 Å². The molecule has 8 heteroatoms. The number of rotatable bonds is 7. The zero-order valence-corrected chi connectivity index (χ0v) is 17.2. The molecule has 0 unspecified atom stereocenters. The Labute approximate surface area is 168 Å². The molecule has 0 spiro atoms. The number of amides is 2. The number of anilines is 1. The lowest BCUT2D eigenvalue weighted by Gasteiger charge is -2.22. The third-order valence-corrected chi connectivity index (χ3v) is 5.54. The maximum atomic E-state index is 12.8. The summed E-state index contributed by atoms with van der Waals surface area (Å²) >= 11 is 1.60. The van der Waals surface area contributed by atoms with Crippen LogP contribution in [0.5, 0.6) is 17.2 Å². The summed E-state index contributed by atoms with van der Waals surface area (Å²) in [5.41, 5.74) is 1.71. The Morgan fingerprint density at radius 2 is 1.89 bits per heavy atom. The van der Waals surface area contributed by atoms with Crippen LogP contribution in [-0.2, 0) is 16.1 Å². The molecule has 2 heterocycles. The van der Waals surface area contributed by atoms with E-state index in [2.05, 4.69) is 0 Å². The fraction of sp³-hybridized carbons (Fsp3) is 0.400. The number of thiophene rings is 1. The Morgan fingerprint density at radius 3 is 2.43 bits per heavy atom. The van der Waals surface area contributed by atoms with E-state index < -0.39 is 0 Å². The van der Waals surface area contributed by atoms with E-state index >= 15 is 0 Å². The first-order valence-electron chi connectivity index (χ1n) is 8.84. The first-order chi connectivity index (χ1) is 13.5. The number of hydrogen-bond donors (Lipinski definition) is 0. The fourth-order valence-corrected chi connectivity index (χ4v) is 4.05. The molecule has 1 fully saturated rings. The predicted octanol–water partition coefficient (Wildman–Crippen LogP) is 2.79. The Hall–Kier alpha value is -2.74. The third kappa shape index (κ3) is 3.91. The molecule has 28 heavy (non-hydrogen) atoms. The molecule has 0 radical (unpaired) electrons. The van der Waals surface area contributed by atoms with Gasteiger partial charge in [-0.25, -0.2) is 0 Å². The van der Waals surface area contributed by atoms with Crippen molar-refractivity contribution in [2.24, 2.45) is 5.92 Å². The van der Waals surface area contributed by atoms with E-state index in [1.165, 1.54) is 21.3 Å². The van der Waals surface area contributed by atoms with Crippen LogP contribution < -0.4 is 19.1 Å². The quantitative estimate of drug-likeness (QED) is 0.710. The molecule has 1 aromatic carbocycles. The van der Waals surface area contributed by atoms with Crippen LogP contribution in [0.3, 0.4) is 0 Å². The van der Waals surface area contributed by atoms with Gasteiger partial charge in [-0.15, -0.1) is 0 Å². The number of carbonyl (C=O) groups is 2. The van der Waals surface area contributed by atoms with E-state index in [1.54, 1.807) is 40.3 Å². The highest BCUT2D eigenvalue weighted by atomic mass is 32.1. The van der Waals surface area contributed by atoms with Crippen molar-refractivity contribution in [3.8, 4) is 17.2 Å². The Kier molecular flexibility index (Phi) is 6.08. The fourth-order valence-electron chi connectivity index (χ4n) is 3.39. The van der Waals surface area contributed by atoms with Crippen molar-refractivity contribution < 1.29 is 23.8 Å². The van der Waals surface area contributed by atoms with E-state index in [4.69, 9.17) is 14.2 Å². The van der Waals surface area contributed by atoms with E-state index in [-0.39, 0.29) is 24.2 Å². The molecular formula is C20H24N2O5S. The highest BCUT2D eigenvalue weighted by Gasteiger charge is 2.37. The number of methoxy groups -OCH3 is 3. The minimum absolute atomic E-state index is 0.0329. The number of carbonyl (C=O) groups excluding carboxylic acids is 2. The zero-order valence-electron chi connectivity index (χ0n) is 16.4. The van der Waals surface area contributed by atoms with Gasteiger partial charge in [0.2, 0.25) is 17.6 Å². The molecule has 1 aromatic heterocycles. The molecule has 1 saturated heterocycles. The summed E-state index contributed by atoms with van der Waals surface area (Å²) in [5, 5.41) is 4.00. The number of hydrogen-bond acceptors (Lipinski definition) is 6. The van der Waals surface area contributed by atoms with Crippen molar-refractivity contribution in [1.82, 2.24) is 4.90 Å². The molecule has 1 atom stereocenters. The second-order valence-corrected chi connectivity index (χ2v) is 7.39. The minimum atomic E-state index is -0.379. The van der Waals surface area contributed by atoms with Gasteiger partial charge in [0.25, 0.3) is 0 Å². The Balaban J connectivity index is 1.78. The summed E-state index contributed by atoms with van der Waals surface area (Å²) in [4.78, 5) is 28.7. The van der Waals surface area contributed by atoms with Crippen molar-refractivity contribution in [2.75, 3.05) is 39.8 Å². The molecule has 3 rings (SSSR count). The van der Waals surface area contributed by atoms with Crippen LogP contribution in [0.1, 0.15) is 12.0 Å². The first kappa shape index (κ1) is 20.0. The molecule has 2 amide bonds. The van der Waals surface area contributed by atoms with Crippen molar-refractivity contribution >= 4 is 28.8 Å². The minimum Gasteiger partial charge on any atom is -0.493 e. The van der Waals surface area contributed by atoms with Crippen LogP contribution in [0.4, 0.5) is 5.69 Å². The highest BCUT2D eigenvalue weighted by Crippen LogP contribution is 2.42. The van der Waals surface area contributed by atoms with Crippen LogP contribution in [0.15, 0.2) is 29.0 Å². The van der Waals surface area contributed by atoms with Crippen molar-refractivity contribution in [1.29, 1.82) is 0 Å². The Bertz CT molecular complexity index is 827. The van der Waals surface area contributed by atoms with Crippen LogP contribution in [0.2, 0.25) is 0 Å². The van der Waals surface area contributed by atoms with Gasteiger partial charge < -0.3 is 24.0 Å². The maximum absolute atomic E-state index is 12.8. The molecule has 7 nitrogen and oxygen atoms in total. The molecule has 0 N–H and O–H groups in total. The number of nitrogens with zero attached hydrogens (tertiary/aromatic N) is 2. The molecule has 150 valence electrons. The molecule has 0 bridgehead atoms. The summed E-state index contributed by atoms with van der Waals surface area (Å²) in [6, 6.07) is 5.44. The average Bonchev–Trinajstić information content (AvgIpc) is 3.35. The smallest absolute Gasteiger partial charge is 0.228 e. The third-order valence-electron chi connectivity index (χ3n) is 4.81. The normalized spacial score (nSPS) is 16.2. The second-order valence-electron chi connectivity index (χ2n) is 6.61. The zero-order chi connectivity index (χ0) is 20.3. The summed E-state index contributed by atoms with van der Waals surface area (Å²) in [6.07, 6.45) is 0.184. The molecule has 0 saturated carbocycles. The van der Waals surface area contributed by atoms with Crippen LogP contribution in [0, 0.1) is 5.92 Å². The lowest BCUT2D eigenvalue weighted by molar-refractivity contribution is -0.135. The standard InChI is InChI=1S/C20H24N2O5S/c1-21(10-13-5-6-28-12-13)20(24)14-7-18(23)22(11-14)15-8-16(25-2)19(27-4)17(9-15)26-3/h5-6,8-9,12,14H,7,10-11H2,1-4H3/t14-/m1/s1. The van der Waals surface area contributed by atoms with Gasteiger partial charge in [0.15, 0.2) is 11.5 Å². The summed E-state index contributed by atoms with van der Waals surface area (Å²) < 4.78 is 16.1. The Morgan fingerprint density at radius 1 is 1.21 bits per heavy atom. The predicted molar refractivity (Wildman–Crippen MR) is 107 cm³/mol. The van der Waals surface area contributed by atoms with Gasteiger partial charge in [-0.2, -0.15) is 11.3 Å². The lowest BCUT2D eigenvalue weighted by Crippen LogP contribution is -2.34. The first-order valence-corrected chi connectivity index (χ1v) is 9.79. The van der Waals surface area contributed by atoms with E-state index in [0.717, 1.165) is 5.56 Å². The van der Waals surface area contributed by atoms with Gasteiger partial charge in [0.1, 0.15) is 0 Å². The SMILES string of the molecule is COc1cc(N2C[C@H](C(=O)N(C)Cc3ccsc3)CC2=O)cc(OC)c1OC. The monoisotopic (exact) mass is 404 g/mol. The number of benzene rings is 1. The van der Waals surface area contributed by atoms with Crippen molar-refractivity contribution in [3.63, 3.8) is 0 Å². The van der Waals surface area contributed by atoms with E-state index in [9.17, 15) is 9.59 Å². The molecule has 1 aliphatic heterocycles. The van der Waals surface area contributed by atoms with Gasteiger partial charge in [0, 0.05) is 38.7 Å². The maximum Gasteiger partial charge on any atom is 0.228 e. The van der Waals surface area contributed by atoms with Gasteiger partial charge in [0.05, 0.1) is 32.9 Å². The van der Waals surface area contributed by atoms with Gasteiger partial charge >= 0.3 is 0 Å². The van der Waals surface area contributed by atoms with Crippen molar-refractivity contribution in [2.45, 2.75) is 13.0 Å². The molecular weight excluding hydrogens is 380 g/mol. The summed E-state index contributed by atoms with van der Waals surface area (Å²) in [7, 11) is 6.35. The van der Waals surface area contributed by atoms with Gasteiger partial charge in [-0.05, 0) is 22.4 Å². The average molecular weight is 404 g/mol. The topological polar surface area (TPSA) is 68.3 Å². The summed E-state index contributed by atoms with van der Waals surface area (Å²) in [5.74, 6) is 0.882.